The van der Waals surface area contributed by atoms with Gasteiger partial charge >= 0.3 is 12.1 Å². The third-order valence-corrected chi connectivity index (χ3v) is 4.88. The zero-order chi connectivity index (χ0) is 22.9. The second kappa shape index (κ2) is 8.38. The fraction of sp³-hybridized carbons (Fsp3) is 0.250. The number of halogens is 3. The molecule has 166 valence electrons. The molecule has 0 atom stereocenters. The van der Waals surface area contributed by atoms with Gasteiger partial charge in [0.15, 0.2) is 0 Å². The molecule has 0 unspecified atom stereocenters. The van der Waals surface area contributed by atoms with Crippen molar-refractivity contribution in [3.63, 3.8) is 0 Å². The van der Waals surface area contributed by atoms with Crippen LogP contribution >= 0.6 is 0 Å². The van der Waals surface area contributed by atoms with E-state index in [0.29, 0.717) is 11.7 Å². The Morgan fingerprint density at radius 1 is 1.28 bits per heavy atom. The van der Waals surface area contributed by atoms with Gasteiger partial charge in [0.1, 0.15) is 0 Å². The third-order valence-electron chi connectivity index (χ3n) is 4.88. The van der Waals surface area contributed by atoms with Crippen LogP contribution in [0.25, 0.3) is 28.4 Å². The average molecular weight is 446 g/mol. The van der Waals surface area contributed by atoms with Crippen molar-refractivity contribution in [3.8, 4) is 22.8 Å². The van der Waals surface area contributed by atoms with Crippen LogP contribution in [0.1, 0.15) is 16.8 Å². The van der Waals surface area contributed by atoms with E-state index in [2.05, 4.69) is 25.5 Å². The topological polar surface area (TPSA) is 118 Å². The number of aryl methyl sites for hydroxylation is 1. The summed E-state index contributed by atoms with van der Waals surface area (Å²) in [5.41, 5.74) is 6.15. The van der Waals surface area contributed by atoms with Gasteiger partial charge in [-0.25, -0.2) is 9.31 Å². The van der Waals surface area contributed by atoms with E-state index in [1.54, 1.807) is 10.7 Å². The largest absolute Gasteiger partial charge is 0.490 e. The summed E-state index contributed by atoms with van der Waals surface area (Å²) < 4.78 is 39.1. The molecule has 0 radical (unpaired) electrons. The maximum Gasteiger partial charge on any atom is 0.490 e. The van der Waals surface area contributed by atoms with E-state index in [0.717, 1.165) is 41.8 Å². The molecular formula is C20H17F3N6O3. The molecule has 0 bridgehead atoms. The minimum absolute atomic E-state index is 0.474. The Kier molecular flexibility index (Phi) is 5.61. The van der Waals surface area contributed by atoms with Crippen LogP contribution in [0.2, 0.25) is 0 Å². The minimum Gasteiger partial charge on any atom is -0.475 e. The van der Waals surface area contributed by atoms with Crippen LogP contribution in [0.4, 0.5) is 13.2 Å². The minimum atomic E-state index is -5.08. The van der Waals surface area contributed by atoms with E-state index >= 15 is 0 Å². The summed E-state index contributed by atoms with van der Waals surface area (Å²) in [5.74, 6) is -1.69. The molecule has 5 heterocycles. The van der Waals surface area contributed by atoms with Crippen molar-refractivity contribution in [2.24, 2.45) is 0 Å². The summed E-state index contributed by atoms with van der Waals surface area (Å²) in [5, 5.41) is 19.1. The van der Waals surface area contributed by atoms with Crippen molar-refractivity contribution in [3.05, 3.63) is 53.6 Å². The average Bonchev–Trinajstić information content (AvgIpc) is 3.40. The fourth-order valence-corrected chi connectivity index (χ4v) is 3.40. The summed E-state index contributed by atoms with van der Waals surface area (Å²) in [6.07, 6.45) is 1.44. The zero-order valence-electron chi connectivity index (χ0n) is 16.7. The molecule has 0 saturated heterocycles. The first kappa shape index (κ1) is 21.4. The molecule has 0 spiro atoms. The molecule has 2 N–H and O–H groups in total. The highest BCUT2D eigenvalue weighted by molar-refractivity contribution is 5.76. The third kappa shape index (κ3) is 4.17. The summed E-state index contributed by atoms with van der Waals surface area (Å²) >= 11 is 0. The van der Waals surface area contributed by atoms with Gasteiger partial charge in [-0.1, -0.05) is 11.2 Å². The Balaban J connectivity index is 0.000000307. The van der Waals surface area contributed by atoms with Crippen LogP contribution in [0.5, 0.6) is 0 Å². The molecule has 12 heteroatoms. The van der Waals surface area contributed by atoms with E-state index < -0.39 is 12.1 Å². The van der Waals surface area contributed by atoms with E-state index in [1.165, 1.54) is 11.1 Å². The van der Waals surface area contributed by atoms with Crippen molar-refractivity contribution in [2.75, 3.05) is 6.54 Å². The van der Waals surface area contributed by atoms with Gasteiger partial charge in [-0.05, 0) is 43.1 Å². The highest BCUT2D eigenvalue weighted by atomic mass is 19.4. The maximum absolute atomic E-state index is 10.6. The monoisotopic (exact) mass is 446 g/mol. The summed E-state index contributed by atoms with van der Waals surface area (Å²) in [4.78, 5) is 18.1. The standard InChI is InChI=1S/C18H16N6O.C2HF3O2/c1-11-16(13-5-6-19-8-12(13)9-20-11)17-22-18(25-23-17)14-10-21-24-7-3-2-4-15(14)24;3-2(4,5)1(6)7/h2-4,7,9-10,19H,5-6,8H2,1H3;(H,6,7). The molecule has 1 aliphatic rings. The number of carbonyl (C=O) groups is 1. The predicted octanol–water partition coefficient (Wildman–Crippen LogP) is 3.03. The SMILES string of the molecule is Cc1ncc2c(c1-c1noc(-c3cnn4ccccc34)n1)CCNC2.O=C(O)C(F)(F)F. The van der Waals surface area contributed by atoms with Crippen LogP contribution in [-0.2, 0) is 17.8 Å². The number of hydrogen-bond donors (Lipinski definition) is 2. The van der Waals surface area contributed by atoms with E-state index in [-0.39, 0.29) is 0 Å². The van der Waals surface area contributed by atoms with Crippen molar-refractivity contribution in [1.29, 1.82) is 0 Å². The Hall–Kier alpha value is -3.80. The summed E-state index contributed by atoms with van der Waals surface area (Å²) in [6.45, 7) is 3.76. The number of pyridine rings is 2. The van der Waals surface area contributed by atoms with E-state index in [9.17, 15) is 13.2 Å². The van der Waals surface area contributed by atoms with Crippen molar-refractivity contribution >= 4 is 11.5 Å². The lowest BCUT2D eigenvalue weighted by molar-refractivity contribution is -0.192. The van der Waals surface area contributed by atoms with Gasteiger partial charge in [-0.15, -0.1) is 0 Å². The first-order valence-electron chi connectivity index (χ1n) is 9.50. The van der Waals surface area contributed by atoms with Crippen LogP contribution in [0, 0.1) is 6.92 Å². The van der Waals surface area contributed by atoms with E-state index in [4.69, 9.17) is 14.4 Å². The second-order valence-corrected chi connectivity index (χ2v) is 6.96. The highest BCUT2D eigenvalue weighted by Gasteiger charge is 2.38. The maximum atomic E-state index is 10.6. The van der Waals surface area contributed by atoms with Crippen molar-refractivity contribution < 1.29 is 27.6 Å². The Morgan fingerprint density at radius 2 is 2.06 bits per heavy atom. The molecule has 0 aromatic carbocycles. The lowest BCUT2D eigenvalue weighted by Gasteiger charge is -2.19. The number of fused-ring (bicyclic) bond motifs is 2. The van der Waals surface area contributed by atoms with Gasteiger partial charge in [-0.3, -0.25) is 4.98 Å². The summed E-state index contributed by atoms with van der Waals surface area (Å²) in [6, 6.07) is 5.88. The Morgan fingerprint density at radius 3 is 2.81 bits per heavy atom. The van der Waals surface area contributed by atoms with Gasteiger partial charge in [0.05, 0.1) is 17.3 Å². The number of aliphatic carboxylic acids is 1. The molecule has 4 aromatic rings. The van der Waals surface area contributed by atoms with Crippen LogP contribution in [0.3, 0.4) is 0 Å². The van der Waals surface area contributed by atoms with Crippen LogP contribution in [0.15, 0.2) is 41.3 Å². The molecule has 4 aromatic heterocycles. The van der Waals surface area contributed by atoms with Gasteiger partial charge in [0.25, 0.3) is 5.89 Å². The number of carboxylic acids is 1. The van der Waals surface area contributed by atoms with E-state index in [1.807, 2.05) is 37.5 Å². The Labute approximate surface area is 178 Å². The normalized spacial score (nSPS) is 13.4. The van der Waals surface area contributed by atoms with Crippen LogP contribution in [-0.4, -0.2) is 48.5 Å². The first-order valence-corrected chi connectivity index (χ1v) is 9.50. The number of alkyl halides is 3. The second-order valence-electron chi connectivity index (χ2n) is 6.96. The predicted molar refractivity (Wildman–Crippen MR) is 106 cm³/mol. The number of nitrogens with one attached hydrogen (secondary N) is 1. The number of nitrogens with zero attached hydrogens (tertiary/aromatic N) is 5. The van der Waals surface area contributed by atoms with Crippen molar-refractivity contribution in [1.82, 2.24) is 30.1 Å². The smallest absolute Gasteiger partial charge is 0.475 e. The number of aromatic nitrogens is 5. The molecule has 32 heavy (non-hydrogen) atoms. The molecule has 1 aliphatic heterocycles. The molecule has 9 nitrogen and oxygen atoms in total. The van der Waals surface area contributed by atoms with Gasteiger partial charge in [0.2, 0.25) is 5.82 Å². The quantitative estimate of drug-likeness (QED) is 0.482. The lowest BCUT2D eigenvalue weighted by Crippen LogP contribution is -2.24. The number of carboxylic acid groups (broad SMARTS) is 1. The highest BCUT2D eigenvalue weighted by Crippen LogP contribution is 2.31. The van der Waals surface area contributed by atoms with Gasteiger partial charge in [-0.2, -0.15) is 23.3 Å². The van der Waals surface area contributed by atoms with Gasteiger partial charge in [0, 0.05) is 30.2 Å². The molecule has 0 fully saturated rings. The van der Waals surface area contributed by atoms with Gasteiger partial charge < -0.3 is 14.9 Å². The zero-order valence-corrected chi connectivity index (χ0v) is 16.7. The number of rotatable bonds is 2. The fourth-order valence-electron chi connectivity index (χ4n) is 3.40. The first-order chi connectivity index (χ1) is 15.3. The number of hydrogen-bond acceptors (Lipinski definition) is 7. The molecule has 0 amide bonds. The molecule has 5 rings (SSSR count). The molecular weight excluding hydrogens is 429 g/mol. The van der Waals surface area contributed by atoms with Crippen LogP contribution < -0.4 is 5.32 Å². The lowest BCUT2D eigenvalue weighted by atomic mass is 9.95. The molecule has 0 aliphatic carbocycles. The Bertz CT molecular complexity index is 1280. The van der Waals surface area contributed by atoms with Crippen molar-refractivity contribution in [2.45, 2.75) is 26.1 Å². The summed E-state index contributed by atoms with van der Waals surface area (Å²) in [7, 11) is 0. The molecule has 0 saturated carbocycles.